The summed E-state index contributed by atoms with van der Waals surface area (Å²) in [6, 6.07) is 6.87. The van der Waals surface area contributed by atoms with Crippen molar-refractivity contribution in [3.63, 3.8) is 0 Å². The SMILES string of the molecule is COCCCNC(=O)COc1ccccc1C(C)=O. The van der Waals surface area contributed by atoms with Gasteiger partial charge in [0.15, 0.2) is 12.4 Å². The zero-order chi connectivity index (χ0) is 14.1. The molecule has 0 radical (unpaired) electrons. The molecule has 0 aromatic heterocycles. The van der Waals surface area contributed by atoms with Crippen LogP contribution in [0, 0.1) is 0 Å². The van der Waals surface area contributed by atoms with Crippen LogP contribution < -0.4 is 10.1 Å². The van der Waals surface area contributed by atoms with Crippen molar-refractivity contribution < 1.29 is 19.1 Å². The second kappa shape index (κ2) is 8.26. The van der Waals surface area contributed by atoms with Crippen molar-refractivity contribution in [3.05, 3.63) is 29.8 Å². The van der Waals surface area contributed by atoms with Gasteiger partial charge in [0.1, 0.15) is 5.75 Å². The Morgan fingerprint density at radius 2 is 2.00 bits per heavy atom. The Labute approximate surface area is 112 Å². The molecule has 104 valence electrons. The van der Waals surface area contributed by atoms with Gasteiger partial charge in [-0.2, -0.15) is 0 Å². The summed E-state index contributed by atoms with van der Waals surface area (Å²) in [6.45, 7) is 2.52. The molecule has 0 saturated carbocycles. The van der Waals surface area contributed by atoms with E-state index >= 15 is 0 Å². The Hall–Kier alpha value is -1.88. The van der Waals surface area contributed by atoms with Crippen LogP contribution in [0.5, 0.6) is 5.75 Å². The van der Waals surface area contributed by atoms with Crippen molar-refractivity contribution in [3.8, 4) is 5.75 Å². The lowest BCUT2D eigenvalue weighted by molar-refractivity contribution is -0.123. The second-order valence-corrected chi connectivity index (χ2v) is 4.04. The lowest BCUT2D eigenvalue weighted by atomic mass is 10.1. The number of carbonyl (C=O) groups excluding carboxylic acids is 2. The quantitative estimate of drug-likeness (QED) is 0.570. The third-order valence-corrected chi connectivity index (χ3v) is 2.47. The number of rotatable bonds is 8. The average Bonchev–Trinajstić information content (AvgIpc) is 2.41. The Kier molecular flexibility index (Phi) is 6.60. The van der Waals surface area contributed by atoms with E-state index in [9.17, 15) is 9.59 Å². The van der Waals surface area contributed by atoms with Crippen LogP contribution in [0.25, 0.3) is 0 Å². The Balaban J connectivity index is 2.40. The van der Waals surface area contributed by atoms with Crippen molar-refractivity contribution in [1.82, 2.24) is 5.32 Å². The van der Waals surface area contributed by atoms with Gasteiger partial charge in [-0.1, -0.05) is 12.1 Å². The summed E-state index contributed by atoms with van der Waals surface area (Å²) >= 11 is 0. The van der Waals surface area contributed by atoms with Gasteiger partial charge in [-0.25, -0.2) is 0 Å². The molecular formula is C14H19NO4. The predicted molar refractivity (Wildman–Crippen MR) is 71.4 cm³/mol. The van der Waals surface area contributed by atoms with Crippen LogP contribution in [0.4, 0.5) is 0 Å². The molecule has 0 aliphatic rings. The van der Waals surface area contributed by atoms with E-state index in [4.69, 9.17) is 9.47 Å². The first-order valence-electron chi connectivity index (χ1n) is 6.13. The van der Waals surface area contributed by atoms with Crippen molar-refractivity contribution in [2.75, 3.05) is 26.9 Å². The van der Waals surface area contributed by atoms with E-state index in [-0.39, 0.29) is 18.3 Å². The lowest BCUT2D eigenvalue weighted by Gasteiger charge is -2.09. The third kappa shape index (κ3) is 5.52. The van der Waals surface area contributed by atoms with Crippen molar-refractivity contribution in [1.29, 1.82) is 0 Å². The van der Waals surface area contributed by atoms with Gasteiger partial charge in [0.25, 0.3) is 5.91 Å². The molecule has 0 atom stereocenters. The van der Waals surface area contributed by atoms with Crippen molar-refractivity contribution in [2.24, 2.45) is 0 Å². The Morgan fingerprint density at radius 3 is 2.68 bits per heavy atom. The molecule has 0 aliphatic carbocycles. The number of Topliss-reactive ketones (excluding diaryl/α,β-unsaturated/α-hetero) is 1. The van der Waals surface area contributed by atoms with E-state index in [0.717, 1.165) is 6.42 Å². The topological polar surface area (TPSA) is 64.6 Å². The van der Waals surface area contributed by atoms with Gasteiger partial charge in [-0.05, 0) is 25.5 Å². The fourth-order valence-corrected chi connectivity index (χ4v) is 1.52. The van der Waals surface area contributed by atoms with Crippen LogP contribution in [0.15, 0.2) is 24.3 Å². The van der Waals surface area contributed by atoms with E-state index in [1.54, 1.807) is 31.4 Å². The number of hydrogen-bond donors (Lipinski definition) is 1. The molecule has 1 N–H and O–H groups in total. The van der Waals surface area contributed by atoms with E-state index in [2.05, 4.69) is 5.32 Å². The highest BCUT2D eigenvalue weighted by atomic mass is 16.5. The molecule has 0 aliphatic heterocycles. The molecule has 5 nitrogen and oxygen atoms in total. The first-order chi connectivity index (χ1) is 9.15. The Morgan fingerprint density at radius 1 is 1.26 bits per heavy atom. The number of ether oxygens (including phenoxy) is 2. The zero-order valence-corrected chi connectivity index (χ0v) is 11.3. The van der Waals surface area contributed by atoms with Gasteiger partial charge in [-0.3, -0.25) is 9.59 Å². The Bertz CT molecular complexity index is 431. The lowest BCUT2D eigenvalue weighted by Crippen LogP contribution is -2.30. The monoisotopic (exact) mass is 265 g/mol. The van der Waals surface area contributed by atoms with Crippen LogP contribution in [0.1, 0.15) is 23.7 Å². The maximum atomic E-state index is 11.5. The largest absolute Gasteiger partial charge is 0.483 e. The summed E-state index contributed by atoms with van der Waals surface area (Å²) in [6.07, 6.45) is 0.756. The molecular weight excluding hydrogens is 246 g/mol. The minimum Gasteiger partial charge on any atom is -0.483 e. The molecule has 1 aromatic rings. The summed E-state index contributed by atoms with van der Waals surface area (Å²) in [4.78, 5) is 22.9. The number of ketones is 1. The molecule has 0 spiro atoms. The van der Waals surface area contributed by atoms with Gasteiger partial charge < -0.3 is 14.8 Å². The zero-order valence-electron chi connectivity index (χ0n) is 11.3. The van der Waals surface area contributed by atoms with Crippen molar-refractivity contribution >= 4 is 11.7 Å². The smallest absolute Gasteiger partial charge is 0.257 e. The summed E-state index contributed by atoms with van der Waals surface area (Å²) in [5, 5.41) is 2.71. The molecule has 0 unspecified atom stereocenters. The van der Waals surface area contributed by atoms with E-state index in [1.807, 2.05) is 0 Å². The molecule has 0 heterocycles. The van der Waals surface area contributed by atoms with E-state index in [0.29, 0.717) is 24.5 Å². The fourth-order valence-electron chi connectivity index (χ4n) is 1.52. The van der Waals surface area contributed by atoms with Crippen LogP contribution in [0.3, 0.4) is 0 Å². The van der Waals surface area contributed by atoms with Gasteiger partial charge >= 0.3 is 0 Å². The molecule has 0 fully saturated rings. The minimum atomic E-state index is -0.213. The second-order valence-electron chi connectivity index (χ2n) is 4.04. The minimum absolute atomic E-state index is 0.0869. The number of para-hydroxylation sites is 1. The van der Waals surface area contributed by atoms with Crippen LogP contribution in [-0.2, 0) is 9.53 Å². The summed E-state index contributed by atoms with van der Waals surface area (Å²) in [7, 11) is 1.61. The van der Waals surface area contributed by atoms with Gasteiger partial charge in [0, 0.05) is 20.3 Å². The highest BCUT2D eigenvalue weighted by Gasteiger charge is 2.09. The number of hydrogen-bond acceptors (Lipinski definition) is 4. The van der Waals surface area contributed by atoms with Crippen LogP contribution in [0.2, 0.25) is 0 Å². The molecule has 19 heavy (non-hydrogen) atoms. The molecule has 1 aromatic carbocycles. The van der Waals surface area contributed by atoms with E-state index in [1.165, 1.54) is 6.92 Å². The maximum absolute atomic E-state index is 11.5. The highest BCUT2D eigenvalue weighted by molar-refractivity contribution is 5.96. The molecule has 0 saturated heterocycles. The normalized spacial score (nSPS) is 10.0. The summed E-state index contributed by atoms with van der Waals surface area (Å²) in [5.74, 6) is 0.132. The highest BCUT2D eigenvalue weighted by Crippen LogP contribution is 2.17. The molecule has 1 rings (SSSR count). The van der Waals surface area contributed by atoms with Crippen LogP contribution in [-0.4, -0.2) is 38.6 Å². The van der Waals surface area contributed by atoms with Crippen LogP contribution >= 0.6 is 0 Å². The number of amides is 1. The summed E-state index contributed by atoms with van der Waals surface area (Å²) in [5.41, 5.74) is 0.481. The van der Waals surface area contributed by atoms with E-state index < -0.39 is 0 Å². The number of carbonyl (C=O) groups is 2. The molecule has 5 heteroatoms. The van der Waals surface area contributed by atoms with Gasteiger partial charge in [0.05, 0.1) is 5.56 Å². The molecule has 1 amide bonds. The first-order valence-corrected chi connectivity index (χ1v) is 6.13. The van der Waals surface area contributed by atoms with Crippen molar-refractivity contribution in [2.45, 2.75) is 13.3 Å². The fraction of sp³-hybridized carbons (Fsp3) is 0.429. The standard InChI is InChI=1S/C14H19NO4/c1-11(16)12-6-3-4-7-13(12)19-10-14(17)15-8-5-9-18-2/h3-4,6-7H,5,8-10H2,1-2H3,(H,15,17). The summed E-state index contributed by atoms with van der Waals surface area (Å²) < 4.78 is 10.2. The van der Waals surface area contributed by atoms with Gasteiger partial charge in [-0.15, -0.1) is 0 Å². The molecule has 0 bridgehead atoms. The first kappa shape index (κ1) is 15.2. The predicted octanol–water partition coefficient (Wildman–Crippen LogP) is 1.42. The van der Waals surface area contributed by atoms with Gasteiger partial charge in [0.2, 0.25) is 0 Å². The number of methoxy groups -OCH3 is 1. The number of benzene rings is 1. The third-order valence-electron chi connectivity index (χ3n) is 2.47. The number of nitrogens with one attached hydrogen (secondary N) is 1. The average molecular weight is 265 g/mol. The maximum Gasteiger partial charge on any atom is 0.257 e.